The summed E-state index contributed by atoms with van der Waals surface area (Å²) in [4.78, 5) is 1.45. The summed E-state index contributed by atoms with van der Waals surface area (Å²) in [5, 5.41) is 19.4. The number of nitrogens with zero attached hydrogens (tertiary/aromatic N) is 6. The molecule has 92 valence electrons. The maximum absolute atomic E-state index is 4.30. The summed E-state index contributed by atoms with van der Waals surface area (Å²) < 4.78 is 1.83. The van der Waals surface area contributed by atoms with Gasteiger partial charge in [0.2, 0.25) is 0 Å². The Labute approximate surface area is 99.8 Å². The van der Waals surface area contributed by atoms with E-state index in [0.717, 1.165) is 6.42 Å². The van der Waals surface area contributed by atoms with Crippen LogP contribution >= 0.6 is 0 Å². The monoisotopic (exact) mass is 235 g/mol. The molecule has 0 aliphatic rings. The van der Waals surface area contributed by atoms with Crippen molar-refractivity contribution in [2.75, 3.05) is 7.05 Å². The van der Waals surface area contributed by atoms with Gasteiger partial charge in [0.25, 0.3) is 0 Å². The molecule has 0 fully saturated rings. The molecule has 0 bridgehead atoms. The minimum atomic E-state index is 0.346. The molecule has 0 spiro atoms. The largest absolute Gasteiger partial charge is 0.313 e. The van der Waals surface area contributed by atoms with Crippen molar-refractivity contribution in [3.05, 3.63) is 23.8 Å². The van der Waals surface area contributed by atoms with Gasteiger partial charge in [-0.15, -0.1) is 10.2 Å². The number of hydrogen-bond acceptors (Lipinski definition) is 5. The molecule has 0 aromatic carbocycles. The van der Waals surface area contributed by atoms with Crippen LogP contribution in [0.2, 0.25) is 0 Å². The van der Waals surface area contributed by atoms with Crippen molar-refractivity contribution in [1.29, 1.82) is 0 Å². The first-order valence-corrected chi connectivity index (χ1v) is 5.65. The van der Waals surface area contributed by atoms with Crippen LogP contribution in [0.3, 0.4) is 0 Å². The first kappa shape index (κ1) is 11.7. The Morgan fingerprint density at radius 2 is 2.29 bits per heavy atom. The van der Waals surface area contributed by atoms with Gasteiger partial charge in [-0.25, -0.2) is 0 Å². The molecule has 0 saturated carbocycles. The maximum Gasteiger partial charge on any atom is 0.196 e. The predicted molar refractivity (Wildman–Crippen MR) is 62.2 cm³/mol. The van der Waals surface area contributed by atoms with Gasteiger partial charge in [0.05, 0.1) is 13.2 Å². The van der Waals surface area contributed by atoms with Crippen molar-refractivity contribution in [3.63, 3.8) is 0 Å². The Balaban J connectivity index is 2.08. The second-order valence-electron chi connectivity index (χ2n) is 3.92. The smallest absolute Gasteiger partial charge is 0.196 e. The minimum absolute atomic E-state index is 0.346. The Hall–Kier alpha value is -1.76. The highest BCUT2D eigenvalue weighted by molar-refractivity contribution is 5.10. The summed E-state index contributed by atoms with van der Waals surface area (Å²) in [6.45, 7) is 2.69. The Bertz CT molecular complexity index is 468. The van der Waals surface area contributed by atoms with E-state index in [1.54, 1.807) is 7.05 Å². The fraction of sp³-hybridized carbons (Fsp3) is 0.600. The lowest BCUT2D eigenvalue weighted by atomic mass is 10.1. The third kappa shape index (κ3) is 2.68. The number of aryl methyl sites for hydroxylation is 1. The highest BCUT2D eigenvalue weighted by atomic mass is 15.6. The standard InChI is InChI=1S/C10H17N7/c1-4-9(11-2)8-5-12-17(6-8)7-10-13-15-16(3)14-10/h5-6,9,11H,4,7H2,1-3H3. The van der Waals surface area contributed by atoms with E-state index in [1.165, 1.54) is 10.4 Å². The van der Waals surface area contributed by atoms with Crippen LogP contribution in [0.4, 0.5) is 0 Å². The topological polar surface area (TPSA) is 73.5 Å². The molecule has 2 rings (SSSR count). The predicted octanol–water partition coefficient (Wildman–Crippen LogP) is 0.125. The molecular weight excluding hydrogens is 218 g/mol. The number of aromatic nitrogens is 6. The Kier molecular flexibility index (Phi) is 3.48. The fourth-order valence-electron chi connectivity index (χ4n) is 1.78. The fourth-order valence-corrected chi connectivity index (χ4v) is 1.78. The van der Waals surface area contributed by atoms with E-state index in [1.807, 2.05) is 24.1 Å². The molecule has 2 aromatic heterocycles. The summed E-state index contributed by atoms with van der Waals surface area (Å²) >= 11 is 0. The molecule has 0 aliphatic carbocycles. The minimum Gasteiger partial charge on any atom is -0.313 e. The molecule has 7 nitrogen and oxygen atoms in total. The van der Waals surface area contributed by atoms with Crippen LogP contribution in [-0.4, -0.2) is 37.0 Å². The molecule has 1 unspecified atom stereocenters. The van der Waals surface area contributed by atoms with Crippen molar-refractivity contribution in [3.8, 4) is 0 Å². The molecular formula is C10H17N7. The third-order valence-electron chi connectivity index (χ3n) is 2.67. The molecule has 1 atom stereocenters. The zero-order chi connectivity index (χ0) is 12.3. The van der Waals surface area contributed by atoms with E-state index in [2.05, 4.69) is 32.7 Å². The van der Waals surface area contributed by atoms with Crippen LogP contribution in [0.15, 0.2) is 12.4 Å². The lowest BCUT2D eigenvalue weighted by molar-refractivity contribution is 0.574. The Morgan fingerprint density at radius 1 is 1.47 bits per heavy atom. The molecule has 2 aromatic rings. The van der Waals surface area contributed by atoms with Crippen LogP contribution in [-0.2, 0) is 13.6 Å². The molecule has 0 saturated heterocycles. The van der Waals surface area contributed by atoms with E-state index in [0.29, 0.717) is 18.4 Å². The van der Waals surface area contributed by atoms with Gasteiger partial charge in [-0.2, -0.15) is 9.90 Å². The van der Waals surface area contributed by atoms with Gasteiger partial charge < -0.3 is 5.32 Å². The van der Waals surface area contributed by atoms with Crippen LogP contribution in [0.1, 0.15) is 30.8 Å². The van der Waals surface area contributed by atoms with Crippen LogP contribution in [0, 0.1) is 0 Å². The summed E-state index contributed by atoms with van der Waals surface area (Å²) in [5.74, 6) is 0.666. The number of tetrazole rings is 1. The van der Waals surface area contributed by atoms with E-state index in [-0.39, 0.29) is 0 Å². The van der Waals surface area contributed by atoms with E-state index in [9.17, 15) is 0 Å². The summed E-state index contributed by atoms with van der Waals surface area (Å²) in [6, 6.07) is 0.346. The summed E-state index contributed by atoms with van der Waals surface area (Å²) in [5.41, 5.74) is 1.18. The zero-order valence-electron chi connectivity index (χ0n) is 10.3. The molecule has 2 heterocycles. The van der Waals surface area contributed by atoms with Crippen LogP contribution < -0.4 is 5.32 Å². The lowest BCUT2D eigenvalue weighted by Crippen LogP contribution is -2.14. The molecule has 0 radical (unpaired) electrons. The van der Waals surface area contributed by atoms with Crippen molar-refractivity contribution < 1.29 is 0 Å². The first-order valence-electron chi connectivity index (χ1n) is 5.65. The van der Waals surface area contributed by atoms with E-state index < -0.39 is 0 Å². The number of rotatable bonds is 5. The average Bonchev–Trinajstić information content (AvgIpc) is 2.91. The zero-order valence-corrected chi connectivity index (χ0v) is 10.3. The molecule has 7 heteroatoms. The van der Waals surface area contributed by atoms with Crippen LogP contribution in [0.5, 0.6) is 0 Å². The van der Waals surface area contributed by atoms with Crippen molar-refractivity contribution in [2.45, 2.75) is 25.9 Å². The number of hydrogen-bond donors (Lipinski definition) is 1. The second kappa shape index (κ2) is 5.05. The highest BCUT2D eigenvalue weighted by Crippen LogP contribution is 2.14. The summed E-state index contributed by atoms with van der Waals surface area (Å²) in [7, 11) is 3.70. The third-order valence-corrected chi connectivity index (χ3v) is 2.67. The van der Waals surface area contributed by atoms with Gasteiger partial charge >= 0.3 is 0 Å². The lowest BCUT2D eigenvalue weighted by Gasteiger charge is -2.10. The molecule has 17 heavy (non-hydrogen) atoms. The van der Waals surface area contributed by atoms with Gasteiger partial charge in [-0.3, -0.25) is 4.68 Å². The highest BCUT2D eigenvalue weighted by Gasteiger charge is 2.10. The second-order valence-corrected chi connectivity index (χ2v) is 3.92. The average molecular weight is 235 g/mol. The SMILES string of the molecule is CCC(NC)c1cnn(Cc2nnn(C)n2)c1. The molecule has 0 amide bonds. The van der Waals surface area contributed by atoms with Crippen LogP contribution in [0.25, 0.3) is 0 Å². The molecule has 1 N–H and O–H groups in total. The van der Waals surface area contributed by atoms with Gasteiger partial charge in [0.1, 0.15) is 6.54 Å². The van der Waals surface area contributed by atoms with Gasteiger partial charge in [-0.1, -0.05) is 6.92 Å². The van der Waals surface area contributed by atoms with Crippen molar-refractivity contribution >= 4 is 0 Å². The van der Waals surface area contributed by atoms with Gasteiger partial charge in [0.15, 0.2) is 5.82 Å². The van der Waals surface area contributed by atoms with E-state index >= 15 is 0 Å². The normalized spacial score (nSPS) is 12.9. The van der Waals surface area contributed by atoms with Gasteiger partial charge in [0, 0.05) is 17.8 Å². The first-order chi connectivity index (χ1) is 8.22. The molecule has 0 aliphatic heterocycles. The van der Waals surface area contributed by atoms with Crippen molar-refractivity contribution in [1.82, 2.24) is 35.3 Å². The van der Waals surface area contributed by atoms with Gasteiger partial charge in [-0.05, 0) is 18.7 Å². The van der Waals surface area contributed by atoms with Crippen molar-refractivity contribution in [2.24, 2.45) is 7.05 Å². The summed E-state index contributed by atoms with van der Waals surface area (Å²) in [6.07, 6.45) is 4.92. The quantitative estimate of drug-likeness (QED) is 0.797. The van der Waals surface area contributed by atoms with E-state index in [4.69, 9.17) is 0 Å². The Morgan fingerprint density at radius 3 is 2.88 bits per heavy atom. The number of nitrogens with one attached hydrogen (secondary N) is 1. The maximum atomic E-state index is 4.30.